The molecule has 108 valence electrons. The molecule has 0 amide bonds. The second-order valence-corrected chi connectivity index (χ2v) is 6.25. The van der Waals surface area contributed by atoms with Gasteiger partial charge in [0.25, 0.3) is 0 Å². The van der Waals surface area contributed by atoms with Crippen LogP contribution in [-0.4, -0.2) is 12.6 Å². The molecule has 0 saturated carbocycles. The Morgan fingerprint density at radius 3 is 2.85 bits per heavy atom. The third-order valence-electron chi connectivity index (χ3n) is 3.20. The number of halogens is 1. The van der Waals surface area contributed by atoms with Gasteiger partial charge in [0.05, 0.1) is 11.6 Å². The molecule has 0 radical (unpaired) electrons. The van der Waals surface area contributed by atoms with Crippen LogP contribution in [0.4, 0.5) is 0 Å². The molecule has 0 spiro atoms. The zero-order valence-corrected chi connectivity index (χ0v) is 13.2. The molecular weight excluding hydrogens is 290 g/mol. The van der Waals surface area contributed by atoms with Gasteiger partial charge >= 0.3 is 0 Å². The second kappa shape index (κ2) is 7.67. The van der Waals surface area contributed by atoms with Crippen LogP contribution in [0.5, 0.6) is 5.75 Å². The molecule has 1 unspecified atom stereocenters. The monoisotopic (exact) mass is 309 g/mol. The summed E-state index contributed by atoms with van der Waals surface area (Å²) in [6.45, 7) is 2.74. The number of rotatable bonds is 7. The highest BCUT2D eigenvalue weighted by atomic mass is 35.5. The summed E-state index contributed by atoms with van der Waals surface area (Å²) in [7, 11) is 0. The average molecular weight is 310 g/mol. The minimum absolute atomic E-state index is 0.191. The van der Waals surface area contributed by atoms with E-state index in [-0.39, 0.29) is 6.04 Å². The van der Waals surface area contributed by atoms with Gasteiger partial charge in [0, 0.05) is 17.3 Å². The standard InChI is InChI=1S/C16H20ClNOS/c1-2-13(18)10-12-5-6-16(15(17)11-12)19-8-7-14-4-3-9-20-14/h3-6,9,11,13H,2,7-8,10,18H2,1H3. The molecule has 2 N–H and O–H groups in total. The third kappa shape index (κ3) is 4.51. The van der Waals surface area contributed by atoms with Gasteiger partial charge in [0.2, 0.25) is 0 Å². The van der Waals surface area contributed by atoms with Crippen molar-refractivity contribution in [3.05, 3.63) is 51.2 Å². The molecule has 0 aliphatic heterocycles. The topological polar surface area (TPSA) is 35.2 Å². The Hall–Kier alpha value is -1.03. The van der Waals surface area contributed by atoms with Crippen molar-refractivity contribution in [1.29, 1.82) is 0 Å². The van der Waals surface area contributed by atoms with Crippen molar-refractivity contribution in [2.45, 2.75) is 32.2 Å². The van der Waals surface area contributed by atoms with Gasteiger partial charge in [-0.25, -0.2) is 0 Å². The first-order chi connectivity index (χ1) is 9.69. The lowest BCUT2D eigenvalue weighted by Gasteiger charge is -2.11. The van der Waals surface area contributed by atoms with Crippen molar-refractivity contribution in [1.82, 2.24) is 0 Å². The highest BCUT2D eigenvalue weighted by molar-refractivity contribution is 7.09. The SMILES string of the molecule is CCC(N)Cc1ccc(OCCc2cccs2)c(Cl)c1. The van der Waals surface area contributed by atoms with E-state index in [2.05, 4.69) is 24.4 Å². The molecule has 1 aromatic heterocycles. The molecule has 20 heavy (non-hydrogen) atoms. The summed E-state index contributed by atoms with van der Waals surface area (Å²) in [5.41, 5.74) is 7.12. The van der Waals surface area contributed by atoms with E-state index in [0.29, 0.717) is 11.6 Å². The maximum Gasteiger partial charge on any atom is 0.137 e. The van der Waals surface area contributed by atoms with Gasteiger partial charge in [0.15, 0.2) is 0 Å². The quantitative estimate of drug-likeness (QED) is 0.827. The van der Waals surface area contributed by atoms with Crippen LogP contribution in [0.25, 0.3) is 0 Å². The van der Waals surface area contributed by atoms with Crippen LogP contribution in [0.15, 0.2) is 35.7 Å². The smallest absolute Gasteiger partial charge is 0.137 e. The van der Waals surface area contributed by atoms with Crippen LogP contribution < -0.4 is 10.5 Å². The molecule has 0 aliphatic rings. The van der Waals surface area contributed by atoms with Gasteiger partial charge < -0.3 is 10.5 Å². The fourth-order valence-electron chi connectivity index (χ4n) is 1.95. The summed E-state index contributed by atoms with van der Waals surface area (Å²) in [6.07, 6.45) is 2.73. The van der Waals surface area contributed by atoms with E-state index in [9.17, 15) is 0 Å². The van der Waals surface area contributed by atoms with Gasteiger partial charge in [-0.3, -0.25) is 0 Å². The van der Waals surface area contributed by atoms with Crippen LogP contribution in [0.1, 0.15) is 23.8 Å². The highest BCUT2D eigenvalue weighted by Gasteiger charge is 2.06. The first kappa shape index (κ1) is 15.4. The maximum atomic E-state index is 6.25. The lowest BCUT2D eigenvalue weighted by molar-refractivity contribution is 0.323. The zero-order chi connectivity index (χ0) is 14.4. The molecule has 0 saturated heterocycles. The maximum absolute atomic E-state index is 6.25. The molecular formula is C16H20ClNOS. The van der Waals surface area contributed by atoms with Crippen molar-refractivity contribution in [2.75, 3.05) is 6.61 Å². The van der Waals surface area contributed by atoms with Gasteiger partial charge in [-0.05, 0) is 42.0 Å². The van der Waals surface area contributed by atoms with Crippen LogP contribution in [0, 0.1) is 0 Å². The lowest BCUT2D eigenvalue weighted by Crippen LogP contribution is -2.21. The largest absolute Gasteiger partial charge is 0.492 e. The second-order valence-electron chi connectivity index (χ2n) is 4.82. The first-order valence-corrected chi connectivity index (χ1v) is 8.14. The van der Waals surface area contributed by atoms with Crippen molar-refractivity contribution in [3.63, 3.8) is 0 Å². The van der Waals surface area contributed by atoms with Crippen molar-refractivity contribution in [3.8, 4) is 5.75 Å². The molecule has 0 bridgehead atoms. The van der Waals surface area contributed by atoms with Gasteiger partial charge in [0.1, 0.15) is 5.75 Å². The van der Waals surface area contributed by atoms with Gasteiger partial charge in [-0.2, -0.15) is 0 Å². The third-order valence-corrected chi connectivity index (χ3v) is 4.44. The summed E-state index contributed by atoms with van der Waals surface area (Å²) in [5, 5.41) is 2.74. The Kier molecular flexibility index (Phi) is 5.89. The Balaban J connectivity index is 1.88. The van der Waals surface area contributed by atoms with Crippen molar-refractivity contribution in [2.24, 2.45) is 5.73 Å². The van der Waals surface area contributed by atoms with Crippen LogP contribution in [0.3, 0.4) is 0 Å². The predicted octanol–water partition coefficient (Wildman–Crippen LogP) is 4.30. The number of nitrogens with two attached hydrogens (primary N) is 1. The van der Waals surface area contributed by atoms with E-state index in [1.54, 1.807) is 11.3 Å². The molecule has 2 nitrogen and oxygen atoms in total. The fourth-order valence-corrected chi connectivity index (χ4v) is 2.90. The van der Waals surface area contributed by atoms with Gasteiger partial charge in [-0.1, -0.05) is 30.7 Å². The van der Waals surface area contributed by atoms with Crippen LogP contribution in [-0.2, 0) is 12.8 Å². The Bertz CT molecular complexity index is 527. The first-order valence-electron chi connectivity index (χ1n) is 6.88. The zero-order valence-electron chi connectivity index (χ0n) is 11.6. The molecule has 4 heteroatoms. The predicted molar refractivity (Wildman–Crippen MR) is 86.9 cm³/mol. The summed E-state index contributed by atoms with van der Waals surface area (Å²) in [4.78, 5) is 1.33. The van der Waals surface area contributed by atoms with E-state index in [0.717, 1.165) is 30.6 Å². The Morgan fingerprint density at radius 1 is 1.35 bits per heavy atom. The van der Waals surface area contributed by atoms with E-state index in [4.69, 9.17) is 22.1 Å². The molecule has 0 aliphatic carbocycles. The molecule has 1 heterocycles. The van der Waals surface area contributed by atoms with E-state index < -0.39 is 0 Å². The molecule has 2 aromatic rings. The summed E-state index contributed by atoms with van der Waals surface area (Å²) in [5.74, 6) is 0.747. The van der Waals surface area contributed by atoms with Crippen LogP contribution in [0.2, 0.25) is 5.02 Å². The van der Waals surface area contributed by atoms with E-state index >= 15 is 0 Å². The summed E-state index contributed by atoms with van der Waals surface area (Å²) < 4.78 is 5.74. The minimum Gasteiger partial charge on any atom is -0.492 e. The Morgan fingerprint density at radius 2 is 2.20 bits per heavy atom. The molecule has 1 aromatic carbocycles. The van der Waals surface area contributed by atoms with Crippen molar-refractivity contribution < 1.29 is 4.74 Å². The summed E-state index contributed by atoms with van der Waals surface area (Å²) >= 11 is 8.00. The minimum atomic E-state index is 0.191. The lowest BCUT2D eigenvalue weighted by atomic mass is 10.0. The van der Waals surface area contributed by atoms with E-state index in [1.807, 2.05) is 18.2 Å². The fraction of sp³-hybridized carbons (Fsp3) is 0.375. The van der Waals surface area contributed by atoms with Crippen molar-refractivity contribution >= 4 is 22.9 Å². The molecule has 2 rings (SSSR count). The number of thiophene rings is 1. The van der Waals surface area contributed by atoms with E-state index in [1.165, 1.54) is 4.88 Å². The number of hydrogen-bond acceptors (Lipinski definition) is 3. The average Bonchev–Trinajstić information content (AvgIpc) is 2.94. The number of hydrogen-bond donors (Lipinski definition) is 1. The normalized spacial score (nSPS) is 12.3. The number of benzene rings is 1. The highest BCUT2D eigenvalue weighted by Crippen LogP contribution is 2.26. The molecule has 0 fully saturated rings. The summed E-state index contributed by atoms with van der Waals surface area (Å²) in [6, 6.07) is 10.3. The Labute approximate surface area is 129 Å². The van der Waals surface area contributed by atoms with Crippen LogP contribution >= 0.6 is 22.9 Å². The number of ether oxygens (including phenoxy) is 1. The molecule has 1 atom stereocenters. The van der Waals surface area contributed by atoms with Gasteiger partial charge in [-0.15, -0.1) is 11.3 Å².